The first kappa shape index (κ1) is 123. The number of hydrogen-bond acceptors (Lipinski definition) is 29. The fraction of sp³-hybridized carbons (Fsp3) is 0.851. The predicted octanol–water partition coefficient (Wildman–Crippen LogP) is 3.46. The van der Waals surface area contributed by atoms with Gasteiger partial charge >= 0.3 is 0 Å². The minimum Gasteiger partial charge on any atom is -0.388 e. The molecule has 14 N–H and O–H groups in total. The molecule has 0 aromatic heterocycles. The van der Waals surface area contributed by atoms with Crippen LogP contribution in [0.25, 0.3) is 0 Å². The van der Waals surface area contributed by atoms with Crippen LogP contribution in [-0.2, 0) is 28.8 Å². The van der Waals surface area contributed by atoms with Crippen molar-refractivity contribution in [1.29, 1.82) is 0 Å². The Morgan fingerprint density at radius 2 is 0.521 bits per heavy atom. The number of unbranched alkanes of at least 4 members (excludes halogenated alkanes) is 4. The van der Waals surface area contributed by atoms with E-state index in [0.29, 0.717) is 6.42 Å². The number of hydrogen-bond donors (Lipinski definition) is 14. The molecule has 1 aromatic carbocycles. The summed E-state index contributed by atoms with van der Waals surface area (Å²) in [6, 6.07) is 5.28. The Balaban J connectivity index is -0.000000301. The summed E-state index contributed by atoms with van der Waals surface area (Å²) in [4.78, 5) is 99.8. The van der Waals surface area contributed by atoms with Crippen LogP contribution in [0.3, 0.4) is 0 Å². The first-order chi connectivity index (χ1) is 55.6. The SMILES string of the molecule is CCC(NC)C(C)=O.CCC(NC)C(C)=O.CN1CCN(C)CCN(C)CCN(C)CC1.CN1CCN(C)CCN(C)CCN(C)CC1.CNCCCCC(NC(=O)C(CCCCNC)NC)C(C)=O.CNCCCCC(NC)C(C)=O.CNCCCCC(NC)C(C)=O.CNCCN(C)CCNC.CNc1cc(NC)cc(C(C)=O)c1. The number of carbonyl (C=O) groups is 7. The molecule has 2 aliphatic heterocycles. The summed E-state index contributed by atoms with van der Waals surface area (Å²) >= 11 is 0. The minimum atomic E-state index is -0.363. The van der Waals surface area contributed by atoms with Gasteiger partial charge in [-0.05, 0) is 298 Å². The van der Waals surface area contributed by atoms with Crippen LogP contribution < -0.4 is 74.4 Å². The molecule has 694 valence electrons. The molecule has 1 aromatic rings. The molecule has 30 nitrogen and oxygen atoms in total. The van der Waals surface area contributed by atoms with Gasteiger partial charge in [0, 0.05) is 162 Å². The molecule has 2 heterocycles. The number of amides is 1. The van der Waals surface area contributed by atoms with E-state index in [-0.39, 0.29) is 76.9 Å². The number of nitrogens with one attached hydrogen (secondary N) is 14. The monoisotopic (exact) mass is 1670 g/mol. The lowest BCUT2D eigenvalue weighted by molar-refractivity contribution is -0.128. The van der Waals surface area contributed by atoms with Crippen molar-refractivity contribution in [2.24, 2.45) is 0 Å². The number of likely N-dealkylation sites (N-methyl/N-ethyl adjacent to an activating group) is 16. The van der Waals surface area contributed by atoms with Gasteiger partial charge in [0.25, 0.3) is 0 Å². The molecule has 0 radical (unpaired) electrons. The molecule has 3 rings (SSSR count). The quantitative estimate of drug-likeness (QED) is 0.0329. The first-order valence-electron chi connectivity index (χ1n) is 43.8. The molecule has 0 aliphatic carbocycles. The smallest absolute Gasteiger partial charge is 0.237 e. The van der Waals surface area contributed by atoms with Gasteiger partial charge in [-0.1, -0.05) is 33.1 Å². The van der Waals surface area contributed by atoms with Gasteiger partial charge in [-0.25, -0.2) is 0 Å². The van der Waals surface area contributed by atoms with E-state index in [1.807, 2.05) is 103 Å². The standard InChI is InChI=1S/C16H34N4O2.2C12H28N4.C10H14N2O.2C9H20N2O.C7H19N3.2C6H13NO/c1-13(21)14(9-5-7-11-17-2)20-16(22)15(19-4)10-6-8-12-18-3;2*1-13-5-7-14(2)9-11-16(4)12-10-15(3)8-6-13;1-7(13)8-4-9(11-2)6-10(5-8)12-3;2*1-8(12)9(11-3)6-4-5-7-10-2;1-8-4-6-10(3)7-5-9-2;2*1-4-6(7-3)5(2)8/h14-15,17-19H,5-12H2,1-4H3,(H,20,22);2*5-12H2,1-4H3;4-6,11-12H,1-3H3;2*9-11H,4-7H2,1-3H3;8-9H,4-7H2,1-3H3;2*6-7H,4H2,1-3H3. The second-order valence-corrected chi connectivity index (χ2v) is 31.3. The molecule has 0 spiro atoms. The van der Waals surface area contributed by atoms with Crippen LogP contribution in [0.2, 0.25) is 0 Å². The third-order valence-electron chi connectivity index (χ3n) is 20.6. The van der Waals surface area contributed by atoms with Gasteiger partial charge in [0.1, 0.15) is 23.1 Å². The number of ketones is 6. The van der Waals surface area contributed by atoms with Gasteiger partial charge < -0.3 is 119 Å². The Hall–Kier alpha value is -4.49. The van der Waals surface area contributed by atoms with Gasteiger partial charge in [0.2, 0.25) is 5.91 Å². The zero-order valence-electron chi connectivity index (χ0n) is 80.9. The number of nitrogens with zero attached hydrogens (tertiary/aromatic N) is 9. The van der Waals surface area contributed by atoms with Crippen molar-refractivity contribution < 1.29 is 33.6 Å². The van der Waals surface area contributed by atoms with Crippen LogP contribution in [-0.4, -0.2) is 433 Å². The van der Waals surface area contributed by atoms with Crippen molar-refractivity contribution in [3.8, 4) is 0 Å². The van der Waals surface area contributed by atoms with Crippen LogP contribution in [0.1, 0.15) is 156 Å². The molecular weight excluding hydrogens is 1480 g/mol. The highest BCUT2D eigenvalue weighted by Gasteiger charge is 2.23. The zero-order valence-corrected chi connectivity index (χ0v) is 80.9. The summed E-state index contributed by atoms with van der Waals surface area (Å²) in [5.74, 6) is 0.950. The maximum absolute atomic E-state index is 12.3. The second kappa shape index (κ2) is 86.4. The Morgan fingerprint density at radius 1 is 0.308 bits per heavy atom. The van der Waals surface area contributed by atoms with Crippen molar-refractivity contribution in [1.82, 2.24) is 108 Å². The van der Waals surface area contributed by atoms with Gasteiger partial charge in [0.15, 0.2) is 11.6 Å². The molecule has 6 unspecified atom stereocenters. The normalized spacial score (nSPS) is 16.2. The van der Waals surface area contributed by atoms with E-state index in [0.717, 1.165) is 153 Å². The molecule has 2 saturated heterocycles. The Kier molecular flexibility index (Phi) is 91.1. The lowest BCUT2D eigenvalue weighted by Crippen LogP contribution is -2.49. The molecular formula is C87H189N23O7. The van der Waals surface area contributed by atoms with E-state index in [1.165, 1.54) is 105 Å². The van der Waals surface area contributed by atoms with Crippen molar-refractivity contribution in [3.63, 3.8) is 0 Å². The van der Waals surface area contributed by atoms with Crippen LogP contribution in [0.5, 0.6) is 0 Å². The maximum Gasteiger partial charge on any atom is 0.237 e. The van der Waals surface area contributed by atoms with Crippen molar-refractivity contribution in [2.45, 2.75) is 182 Å². The average molecular weight is 1670 g/mol. The third-order valence-corrected chi connectivity index (χ3v) is 20.6. The van der Waals surface area contributed by atoms with E-state index >= 15 is 0 Å². The topological polar surface area (TPSA) is 317 Å². The highest BCUT2D eigenvalue weighted by Crippen LogP contribution is 2.19. The van der Waals surface area contributed by atoms with Crippen molar-refractivity contribution >= 4 is 52.0 Å². The van der Waals surface area contributed by atoms with Crippen LogP contribution in [0.4, 0.5) is 11.4 Å². The average Bonchev–Trinajstić information content (AvgIpc) is 0.866. The maximum atomic E-state index is 12.3. The van der Waals surface area contributed by atoms with E-state index in [4.69, 9.17) is 0 Å². The number of rotatable bonds is 43. The van der Waals surface area contributed by atoms with Gasteiger partial charge in [-0.2, -0.15) is 0 Å². The minimum absolute atomic E-state index is 0.0304. The Morgan fingerprint density at radius 3 is 0.692 bits per heavy atom. The third kappa shape index (κ3) is 79.7. The zero-order chi connectivity index (χ0) is 90.3. The lowest BCUT2D eigenvalue weighted by Gasteiger charge is -2.28. The number of carbonyl (C=O) groups excluding carboxylic acids is 7. The predicted molar refractivity (Wildman–Crippen MR) is 502 cm³/mol. The van der Waals surface area contributed by atoms with Crippen LogP contribution in [0.15, 0.2) is 18.2 Å². The molecule has 1 amide bonds. The highest BCUT2D eigenvalue weighted by atomic mass is 16.2. The molecule has 30 heteroatoms. The second-order valence-electron chi connectivity index (χ2n) is 31.3. The molecule has 0 saturated carbocycles. The summed E-state index contributed by atoms with van der Waals surface area (Å²) in [6.45, 7) is 40.7. The van der Waals surface area contributed by atoms with E-state index in [1.54, 1.807) is 62.7 Å². The van der Waals surface area contributed by atoms with Crippen molar-refractivity contribution in [3.05, 3.63) is 23.8 Å². The molecule has 0 bridgehead atoms. The van der Waals surface area contributed by atoms with Crippen molar-refractivity contribution in [2.75, 3.05) is 323 Å². The number of anilines is 2. The summed E-state index contributed by atoms with van der Waals surface area (Å²) in [5, 5.41) is 42.3. The van der Waals surface area contributed by atoms with Gasteiger partial charge in [-0.3, -0.25) is 33.6 Å². The van der Waals surface area contributed by atoms with E-state index in [2.05, 4.69) is 182 Å². The summed E-state index contributed by atoms with van der Waals surface area (Å²) < 4.78 is 0. The van der Waals surface area contributed by atoms with Crippen LogP contribution in [0, 0.1) is 0 Å². The molecule has 117 heavy (non-hydrogen) atoms. The molecule has 2 aliphatic rings. The molecule has 2 fully saturated rings. The summed E-state index contributed by atoms with van der Waals surface area (Å²) in [5.41, 5.74) is 2.60. The lowest BCUT2D eigenvalue weighted by atomic mass is 10.0. The van der Waals surface area contributed by atoms with Gasteiger partial charge in [-0.15, -0.1) is 0 Å². The van der Waals surface area contributed by atoms with Crippen LogP contribution >= 0.6 is 0 Å². The summed E-state index contributed by atoms with van der Waals surface area (Å²) in [7, 11) is 44.3. The molecule has 6 atom stereocenters. The largest absolute Gasteiger partial charge is 0.388 e. The Bertz CT molecular complexity index is 2240. The first-order valence-corrected chi connectivity index (χ1v) is 43.8. The fourth-order valence-electron chi connectivity index (χ4n) is 11.6. The van der Waals surface area contributed by atoms with E-state index in [9.17, 15) is 33.6 Å². The highest BCUT2D eigenvalue weighted by molar-refractivity contribution is 5.96. The number of benzene rings is 1. The van der Waals surface area contributed by atoms with E-state index < -0.39 is 0 Å². The fourth-order valence-corrected chi connectivity index (χ4v) is 11.6. The summed E-state index contributed by atoms with van der Waals surface area (Å²) in [6.07, 6.45) is 13.6. The van der Waals surface area contributed by atoms with Gasteiger partial charge in [0.05, 0.1) is 36.3 Å². The Labute approximate surface area is 718 Å². The number of Topliss-reactive ketones (excluding diaryl/α,β-unsaturated/α-hetero) is 6.